The van der Waals surface area contributed by atoms with Crippen molar-refractivity contribution < 1.29 is 4.79 Å². The molecule has 1 aromatic rings. The Bertz CT molecular complexity index is 373. The van der Waals surface area contributed by atoms with Crippen molar-refractivity contribution in [2.75, 3.05) is 7.05 Å². The second kappa shape index (κ2) is 3.66. The van der Waals surface area contributed by atoms with Gasteiger partial charge in [0, 0.05) is 32.3 Å². The Balaban J connectivity index is 2.26. The van der Waals surface area contributed by atoms with E-state index in [1.807, 2.05) is 23.9 Å². The highest BCUT2D eigenvalue weighted by Gasteiger charge is 2.37. The van der Waals surface area contributed by atoms with E-state index in [0.717, 1.165) is 12.2 Å². The molecule has 15 heavy (non-hydrogen) atoms. The molecule has 2 N–H and O–H groups in total. The Morgan fingerprint density at radius 2 is 2.40 bits per heavy atom. The van der Waals surface area contributed by atoms with Crippen LogP contribution in [0.3, 0.4) is 0 Å². The number of nitrogens with zero attached hydrogens (tertiary/aromatic N) is 3. The average molecular weight is 208 g/mol. The van der Waals surface area contributed by atoms with Crippen LogP contribution in [-0.2, 0) is 11.3 Å². The summed E-state index contributed by atoms with van der Waals surface area (Å²) in [6, 6.07) is 1.73. The lowest BCUT2D eigenvalue weighted by molar-refractivity contribution is -0.127. The van der Waals surface area contributed by atoms with Crippen molar-refractivity contribution in [3.8, 4) is 0 Å². The molecule has 1 amide bonds. The maximum absolute atomic E-state index is 11.5. The van der Waals surface area contributed by atoms with Gasteiger partial charge in [-0.1, -0.05) is 0 Å². The van der Waals surface area contributed by atoms with Crippen LogP contribution in [0.4, 0.5) is 0 Å². The largest absolute Gasteiger partial charge is 0.335 e. The molecular weight excluding hydrogens is 192 g/mol. The van der Waals surface area contributed by atoms with Crippen LogP contribution in [-0.4, -0.2) is 33.7 Å². The van der Waals surface area contributed by atoms with Gasteiger partial charge in [-0.05, 0) is 13.0 Å². The van der Waals surface area contributed by atoms with Crippen LogP contribution in [0.25, 0.3) is 0 Å². The summed E-state index contributed by atoms with van der Waals surface area (Å²) in [4.78, 5) is 13.1. The van der Waals surface area contributed by atoms with E-state index in [0.29, 0.717) is 6.42 Å². The first-order valence-electron chi connectivity index (χ1n) is 5.18. The van der Waals surface area contributed by atoms with E-state index in [9.17, 15) is 4.79 Å². The van der Waals surface area contributed by atoms with Gasteiger partial charge in [0.15, 0.2) is 0 Å². The van der Waals surface area contributed by atoms with E-state index in [1.165, 1.54) is 0 Å². The summed E-state index contributed by atoms with van der Waals surface area (Å²) in [6.45, 7) is 2.86. The molecule has 1 aromatic heterocycles. The van der Waals surface area contributed by atoms with Crippen LogP contribution >= 0.6 is 0 Å². The van der Waals surface area contributed by atoms with Gasteiger partial charge in [0.2, 0.25) is 5.91 Å². The maximum atomic E-state index is 11.5. The fourth-order valence-electron chi connectivity index (χ4n) is 2.03. The number of aromatic nitrogens is 2. The van der Waals surface area contributed by atoms with Gasteiger partial charge in [-0.2, -0.15) is 5.10 Å². The second-order valence-corrected chi connectivity index (χ2v) is 3.91. The highest BCUT2D eigenvalue weighted by molar-refractivity contribution is 5.79. The monoisotopic (exact) mass is 208 g/mol. The predicted octanol–water partition coefficient (Wildman–Crippen LogP) is 0.134. The van der Waals surface area contributed by atoms with E-state index >= 15 is 0 Å². The molecule has 2 heterocycles. The zero-order valence-electron chi connectivity index (χ0n) is 9.05. The summed E-state index contributed by atoms with van der Waals surface area (Å²) in [5.41, 5.74) is 6.82. The zero-order valence-corrected chi connectivity index (χ0v) is 9.05. The normalized spacial score (nSPS) is 26.3. The van der Waals surface area contributed by atoms with E-state index in [1.54, 1.807) is 11.9 Å². The number of carbonyl (C=O) groups is 1. The minimum absolute atomic E-state index is 0.0645. The molecule has 0 radical (unpaired) electrons. The first kappa shape index (κ1) is 10.2. The van der Waals surface area contributed by atoms with Crippen LogP contribution in [0.2, 0.25) is 0 Å². The fourth-order valence-corrected chi connectivity index (χ4v) is 2.03. The number of hydrogen-bond donors (Lipinski definition) is 1. The fraction of sp³-hybridized carbons (Fsp3) is 0.600. The summed E-state index contributed by atoms with van der Waals surface area (Å²) in [5, 5.41) is 4.39. The molecule has 1 aliphatic heterocycles. The summed E-state index contributed by atoms with van der Waals surface area (Å²) in [7, 11) is 1.78. The minimum atomic E-state index is -0.136. The standard InChI is InChI=1S/C10H16N4O/c1-3-14-5-4-8(12-14)10-7(11)6-9(15)13(10)2/h4-5,7,10H,3,6,11H2,1-2H3/t7-,10-/m0/s1. The predicted molar refractivity (Wildman–Crippen MR) is 56.0 cm³/mol. The zero-order chi connectivity index (χ0) is 11.0. The van der Waals surface area contributed by atoms with Gasteiger partial charge in [0.1, 0.15) is 0 Å². The third-order valence-corrected chi connectivity index (χ3v) is 2.91. The molecule has 1 fully saturated rings. The molecule has 5 nitrogen and oxygen atoms in total. The lowest BCUT2D eigenvalue weighted by atomic mass is 10.1. The first-order valence-corrected chi connectivity index (χ1v) is 5.18. The Kier molecular flexibility index (Phi) is 2.48. The number of likely N-dealkylation sites (tertiary alicyclic amines) is 1. The van der Waals surface area contributed by atoms with Gasteiger partial charge in [-0.3, -0.25) is 9.48 Å². The third kappa shape index (κ3) is 1.63. The molecule has 5 heteroatoms. The molecule has 2 rings (SSSR count). The lowest BCUT2D eigenvalue weighted by Gasteiger charge is -2.20. The summed E-state index contributed by atoms with van der Waals surface area (Å²) in [6.07, 6.45) is 2.33. The van der Waals surface area contributed by atoms with Crippen molar-refractivity contribution in [3.63, 3.8) is 0 Å². The van der Waals surface area contributed by atoms with Crippen molar-refractivity contribution in [2.24, 2.45) is 5.73 Å². The summed E-state index contributed by atoms with van der Waals surface area (Å²) in [5.74, 6) is 0.0959. The highest BCUT2D eigenvalue weighted by Crippen LogP contribution is 2.29. The Morgan fingerprint density at radius 1 is 1.67 bits per heavy atom. The number of nitrogens with two attached hydrogens (primary N) is 1. The van der Waals surface area contributed by atoms with Crippen molar-refractivity contribution in [3.05, 3.63) is 18.0 Å². The minimum Gasteiger partial charge on any atom is -0.335 e. The van der Waals surface area contributed by atoms with Gasteiger partial charge in [-0.25, -0.2) is 0 Å². The number of carbonyl (C=O) groups excluding carboxylic acids is 1. The average Bonchev–Trinajstić information content (AvgIpc) is 2.74. The molecule has 82 valence electrons. The van der Waals surface area contributed by atoms with Crippen molar-refractivity contribution in [2.45, 2.75) is 32.0 Å². The molecule has 0 bridgehead atoms. The van der Waals surface area contributed by atoms with Gasteiger partial charge in [0.05, 0.1) is 11.7 Å². The second-order valence-electron chi connectivity index (χ2n) is 3.91. The van der Waals surface area contributed by atoms with Gasteiger partial charge < -0.3 is 10.6 Å². The van der Waals surface area contributed by atoms with Crippen LogP contribution in [0.5, 0.6) is 0 Å². The number of rotatable bonds is 2. The Hall–Kier alpha value is -1.36. The summed E-state index contributed by atoms with van der Waals surface area (Å²) < 4.78 is 1.85. The Labute approximate surface area is 88.8 Å². The lowest BCUT2D eigenvalue weighted by Crippen LogP contribution is -2.30. The molecule has 0 saturated carbocycles. The van der Waals surface area contributed by atoms with Crippen LogP contribution in [0.15, 0.2) is 12.3 Å². The SMILES string of the molecule is CCn1ccc([C@@H]2[C@@H](N)CC(=O)N2C)n1. The Morgan fingerprint density at radius 3 is 2.87 bits per heavy atom. The van der Waals surface area contributed by atoms with Crippen molar-refractivity contribution >= 4 is 5.91 Å². The molecule has 1 saturated heterocycles. The molecule has 0 aromatic carbocycles. The third-order valence-electron chi connectivity index (χ3n) is 2.91. The number of amides is 1. The van der Waals surface area contributed by atoms with Crippen LogP contribution in [0.1, 0.15) is 25.1 Å². The smallest absolute Gasteiger partial charge is 0.224 e. The molecule has 0 spiro atoms. The summed E-state index contributed by atoms with van der Waals surface area (Å²) >= 11 is 0. The topological polar surface area (TPSA) is 64.2 Å². The molecule has 0 unspecified atom stereocenters. The quantitative estimate of drug-likeness (QED) is 0.751. The van der Waals surface area contributed by atoms with Gasteiger partial charge >= 0.3 is 0 Å². The number of hydrogen-bond acceptors (Lipinski definition) is 3. The van der Waals surface area contributed by atoms with Crippen LogP contribution in [0, 0.1) is 0 Å². The highest BCUT2D eigenvalue weighted by atomic mass is 16.2. The number of aryl methyl sites for hydroxylation is 1. The maximum Gasteiger partial charge on any atom is 0.224 e. The molecule has 0 aliphatic carbocycles. The van der Waals surface area contributed by atoms with E-state index < -0.39 is 0 Å². The van der Waals surface area contributed by atoms with E-state index in [4.69, 9.17) is 5.73 Å². The molecule has 2 atom stereocenters. The first-order chi connectivity index (χ1) is 7.13. The van der Waals surface area contributed by atoms with E-state index in [-0.39, 0.29) is 18.0 Å². The van der Waals surface area contributed by atoms with E-state index in [2.05, 4.69) is 5.10 Å². The number of likely N-dealkylation sites (N-methyl/N-ethyl adjacent to an activating group) is 1. The van der Waals surface area contributed by atoms with Crippen molar-refractivity contribution in [1.82, 2.24) is 14.7 Å². The van der Waals surface area contributed by atoms with Crippen molar-refractivity contribution in [1.29, 1.82) is 0 Å². The van der Waals surface area contributed by atoms with Gasteiger partial charge in [-0.15, -0.1) is 0 Å². The molecule has 1 aliphatic rings. The van der Waals surface area contributed by atoms with Crippen LogP contribution < -0.4 is 5.73 Å². The van der Waals surface area contributed by atoms with Gasteiger partial charge in [0.25, 0.3) is 0 Å². The molecular formula is C10H16N4O.